The first-order chi connectivity index (χ1) is 24.3. The molecule has 3 amide bonds. The van der Waals surface area contributed by atoms with Crippen molar-refractivity contribution in [3.05, 3.63) is 72.6 Å². The van der Waals surface area contributed by atoms with Gasteiger partial charge in [-0.3, -0.25) is 9.59 Å². The summed E-state index contributed by atoms with van der Waals surface area (Å²) < 4.78 is 4.75. The molecule has 0 bridgehead atoms. The van der Waals surface area contributed by atoms with E-state index in [9.17, 15) is 14.4 Å². The van der Waals surface area contributed by atoms with Crippen LogP contribution in [0.15, 0.2) is 60.9 Å². The zero-order chi connectivity index (χ0) is 34.8. The minimum Gasteiger partial charge on any atom is -0.453 e. The number of likely N-dealkylation sites (tertiary alicyclic amines) is 2. The molecule has 0 radical (unpaired) electrons. The van der Waals surface area contributed by atoms with Crippen LogP contribution in [0.1, 0.15) is 88.9 Å². The van der Waals surface area contributed by atoms with Gasteiger partial charge in [0.25, 0.3) is 0 Å². The third-order valence-corrected chi connectivity index (χ3v) is 10.7. The number of aromatic nitrogens is 4. The molecule has 2 aromatic heterocycles. The molecule has 262 valence electrons. The number of hydrogen-bond acceptors (Lipinski definition) is 6. The molecule has 11 heteroatoms. The number of alkyl carbamates (subject to hydrolysis) is 1. The van der Waals surface area contributed by atoms with Crippen molar-refractivity contribution in [1.29, 1.82) is 0 Å². The van der Waals surface area contributed by atoms with Crippen LogP contribution in [0.3, 0.4) is 0 Å². The fraction of sp³-hybridized carbons (Fsp3) is 0.462. The summed E-state index contributed by atoms with van der Waals surface area (Å²) in [5.74, 6) is 1.91. The first-order valence-corrected chi connectivity index (χ1v) is 18.1. The van der Waals surface area contributed by atoms with Crippen molar-refractivity contribution in [3.8, 4) is 33.6 Å². The number of carbonyl (C=O) groups excluding carboxylic acids is 3. The number of benzene rings is 2. The van der Waals surface area contributed by atoms with Crippen molar-refractivity contribution in [2.75, 3.05) is 20.2 Å². The van der Waals surface area contributed by atoms with E-state index in [1.807, 2.05) is 31.1 Å². The highest BCUT2D eigenvalue weighted by Crippen LogP contribution is 2.37. The Balaban J connectivity index is 1.00. The first-order valence-electron chi connectivity index (χ1n) is 18.1. The summed E-state index contributed by atoms with van der Waals surface area (Å²) in [5, 5.41) is 2.70. The number of ether oxygens (including phenoxy) is 1. The zero-order valence-electron chi connectivity index (χ0n) is 29.2. The second-order valence-electron chi connectivity index (χ2n) is 14.2. The number of nitrogens with one attached hydrogen (secondary N) is 3. The molecule has 7 rings (SSSR count). The van der Waals surface area contributed by atoms with E-state index in [4.69, 9.17) is 9.72 Å². The lowest BCUT2D eigenvalue weighted by Crippen LogP contribution is -2.51. The van der Waals surface area contributed by atoms with Gasteiger partial charge in [0.15, 0.2) is 0 Å². The lowest BCUT2D eigenvalue weighted by Gasteiger charge is -2.30. The minimum absolute atomic E-state index is 0.0350. The number of hydrogen-bond donors (Lipinski definition) is 3. The Morgan fingerprint density at radius 3 is 1.70 bits per heavy atom. The number of methoxy groups -OCH3 is 1. The van der Waals surface area contributed by atoms with E-state index in [0.717, 1.165) is 103 Å². The third-order valence-electron chi connectivity index (χ3n) is 10.7. The van der Waals surface area contributed by atoms with E-state index >= 15 is 0 Å². The summed E-state index contributed by atoms with van der Waals surface area (Å²) in [6.45, 7) is 5.25. The van der Waals surface area contributed by atoms with Crippen molar-refractivity contribution in [1.82, 2.24) is 35.1 Å². The highest BCUT2D eigenvalue weighted by Gasteiger charge is 2.38. The number of H-pyrrole nitrogens is 2. The molecule has 3 N–H and O–H groups in total. The number of carbonyl (C=O) groups is 3. The largest absolute Gasteiger partial charge is 0.453 e. The van der Waals surface area contributed by atoms with Gasteiger partial charge in [0.1, 0.15) is 17.7 Å². The van der Waals surface area contributed by atoms with Crippen LogP contribution in [-0.4, -0.2) is 73.9 Å². The molecular formula is C39H47N7O4. The molecule has 1 saturated carbocycles. The topological polar surface area (TPSA) is 136 Å². The lowest BCUT2D eigenvalue weighted by atomic mass is 10.0. The van der Waals surface area contributed by atoms with Crippen LogP contribution >= 0.6 is 0 Å². The average molecular weight is 678 g/mol. The van der Waals surface area contributed by atoms with Crippen LogP contribution < -0.4 is 5.32 Å². The van der Waals surface area contributed by atoms with Gasteiger partial charge >= 0.3 is 6.09 Å². The van der Waals surface area contributed by atoms with Crippen LogP contribution in [0, 0.1) is 11.8 Å². The van der Waals surface area contributed by atoms with Crippen LogP contribution in [0.2, 0.25) is 0 Å². The summed E-state index contributed by atoms with van der Waals surface area (Å²) in [6.07, 6.45) is 11.1. The number of rotatable bonds is 9. The van der Waals surface area contributed by atoms with Crippen LogP contribution in [0.5, 0.6) is 0 Å². The Morgan fingerprint density at radius 2 is 1.20 bits per heavy atom. The standard InChI is InChI=1S/C39H47N7O4/c1-24(2)34(44-39(49)50-3)38(48)46-21-7-11-33(46)36-41-23-31(43-36)28-18-14-26(15-19-28)25-12-16-27(17-13-25)30-22-40-35(42-30)32-10-6-20-45(32)37(47)29-8-4-5-9-29/h12-19,22-24,29,32-34H,4-11,20-21H2,1-3H3,(H,40,42)(H,41,43)(H,44,49)/t32-,33-,34-/m0/s1. The van der Waals surface area contributed by atoms with Crippen LogP contribution in [0.4, 0.5) is 4.79 Å². The Morgan fingerprint density at radius 1 is 0.720 bits per heavy atom. The van der Waals surface area contributed by atoms with E-state index in [1.165, 1.54) is 7.11 Å². The monoisotopic (exact) mass is 677 g/mol. The predicted octanol–water partition coefficient (Wildman–Crippen LogP) is 7.03. The van der Waals surface area contributed by atoms with Gasteiger partial charge in [-0.2, -0.15) is 0 Å². The highest BCUT2D eigenvalue weighted by atomic mass is 16.5. The predicted molar refractivity (Wildman–Crippen MR) is 191 cm³/mol. The highest BCUT2D eigenvalue weighted by molar-refractivity contribution is 5.86. The molecule has 2 aliphatic heterocycles. The number of imidazole rings is 2. The van der Waals surface area contributed by atoms with E-state index < -0.39 is 12.1 Å². The number of nitrogens with zero attached hydrogens (tertiary/aromatic N) is 4. The third kappa shape index (κ3) is 6.78. The molecule has 2 aromatic carbocycles. The summed E-state index contributed by atoms with van der Waals surface area (Å²) in [6, 6.07) is 16.0. The molecule has 3 aliphatic rings. The maximum absolute atomic E-state index is 13.5. The van der Waals surface area contributed by atoms with E-state index in [-0.39, 0.29) is 29.8 Å². The van der Waals surface area contributed by atoms with Gasteiger partial charge in [0.05, 0.1) is 43.0 Å². The van der Waals surface area contributed by atoms with Crippen LogP contribution in [0.25, 0.3) is 33.6 Å². The molecule has 50 heavy (non-hydrogen) atoms. The van der Waals surface area contributed by atoms with E-state index in [1.54, 1.807) is 0 Å². The van der Waals surface area contributed by atoms with Crippen molar-refractivity contribution < 1.29 is 19.1 Å². The normalized spacial score (nSPS) is 20.1. The average Bonchev–Trinajstić information content (AvgIpc) is 3.99. The second-order valence-corrected chi connectivity index (χ2v) is 14.2. The molecule has 1 aliphatic carbocycles. The summed E-state index contributed by atoms with van der Waals surface area (Å²) >= 11 is 0. The zero-order valence-corrected chi connectivity index (χ0v) is 29.2. The first kappa shape index (κ1) is 33.6. The maximum Gasteiger partial charge on any atom is 0.407 e. The van der Waals surface area contributed by atoms with Gasteiger partial charge in [-0.15, -0.1) is 0 Å². The van der Waals surface area contributed by atoms with Gasteiger partial charge in [-0.1, -0.05) is 75.2 Å². The Bertz CT molecular complexity index is 1810. The van der Waals surface area contributed by atoms with Crippen LogP contribution in [-0.2, 0) is 14.3 Å². The molecule has 11 nitrogen and oxygen atoms in total. The summed E-state index contributed by atoms with van der Waals surface area (Å²) in [5.41, 5.74) is 6.11. The Hall–Kier alpha value is -4.93. The van der Waals surface area contributed by atoms with E-state index in [2.05, 4.69) is 73.7 Å². The van der Waals surface area contributed by atoms with Gasteiger partial charge in [-0.05, 0) is 66.7 Å². The van der Waals surface area contributed by atoms with E-state index in [0.29, 0.717) is 12.5 Å². The number of amides is 3. The molecule has 4 aromatic rings. The van der Waals surface area contributed by atoms with Gasteiger partial charge in [0, 0.05) is 19.0 Å². The molecule has 3 atom stereocenters. The SMILES string of the molecule is COC(=O)N[C@H](C(=O)N1CCC[C@H]1c1ncc(-c2ccc(-c3ccc(-c4cnc([C@@H]5CCCN5C(=O)C5CCCC5)[nH]4)cc3)cc2)[nH]1)C(C)C. The smallest absolute Gasteiger partial charge is 0.407 e. The van der Waals surface area contributed by atoms with Crippen molar-refractivity contribution in [2.24, 2.45) is 11.8 Å². The quantitative estimate of drug-likeness (QED) is 0.174. The molecule has 0 unspecified atom stereocenters. The fourth-order valence-electron chi connectivity index (χ4n) is 7.90. The lowest BCUT2D eigenvalue weighted by molar-refractivity contribution is -0.136. The molecule has 0 spiro atoms. The van der Waals surface area contributed by atoms with Crippen molar-refractivity contribution in [2.45, 2.75) is 83.3 Å². The van der Waals surface area contributed by atoms with Crippen molar-refractivity contribution in [3.63, 3.8) is 0 Å². The molecule has 4 heterocycles. The summed E-state index contributed by atoms with van der Waals surface area (Å²) in [4.78, 5) is 58.9. The Labute approximate surface area is 293 Å². The minimum atomic E-state index is -0.670. The second kappa shape index (κ2) is 14.5. The molecule has 3 fully saturated rings. The summed E-state index contributed by atoms with van der Waals surface area (Å²) in [7, 11) is 1.30. The fourth-order valence-corrected chi connectivity index (χ4v) is 7.90. The Kier molecular flexibility index (Phi) is 9.74. The van der Waals surface area contributed by atoms with Crippen molar-refractivity contribution >= 4 is 17.9 Å². The maximum atomic E-state index is 13.5. The molecular weight excluding hydrogens is 630 g/mol. The van der Waals surface area contributed by atoms with Gasteiger partial charge in [0.2, 0.25) is 11.8 Å². The molecule has 2 saturated heterocycles. The number of aromatic amines is 2. The van der Waals surface area contributed by atoms with Gasteiger partial charge in [-0.25, -0.2) is 14.8 Å². The van der Waals surface area contributed by atoms with Gasteiger partial charge < -0.3 is 29.8 Å².